The maximum absolute atomic E-state index is 11.0. The molecule has 1 rings (SSSR count). The van der Waals surface area contributed by atoms with E-state index in [-0.39, 0.29) is 5.56 Å². The van der Waals surface area contributed by atoms with Gasteiger partial charge in [-0.3, -0.25) is 19.4 Å². The van der Waals surface area contributed by atoms with Gasteiger partial charge in [-0.05, 0) is 0 Å². The summed E-state index contributed by atoms with van der Waals surface area (Å²) in [6.07, 6.45) is 0.353. The Balaban J connectivity index is 2.75. The van der Waals surface area contributed by atoms with Crippen LogP contribution < -0.4 is 5.56 Å². The third kappa shape index (κ3) is 2.21. The van der Waals surface area contributed by atoms with Crippen molar-refractivity contribution < 1.29 is 9.90 Å². The van der Waals surface area contributed by atoms with Crippen molar-refractivity contribution in [3.63, 3.8) is 0 Å². The topological polar surface area (TPSA) is 75.1 Å². The number of carbonyl (C=O) groups is 1. The van der Waals surface area contributed by atoms with E-state index in [2.05, 4.69) is 5.10 Å². The molecule has 0 aromatic carbocycles. The van der Waals surface area contributed by atoms with Crippen LogP contribution in [0.5, 0.6) is 0 Å². The van der Waals surface area contributed by atoms with E-state index in [4.69, 9.17) is 5.11 Å². The van der Waals surface area contributed by atoms with Crippen molar-refractivity contribution in [2.75, 3.05) is 0 Å². The molecule has 1 aromatic rings. The van der Waals surface area contributed by atoms with Gasteiger partial charge in [0.2, 0.25) is 0 Å². The van der Waals surface area contributed by atoms with Crippen LogP contribution in [-0.4, -0.2) is 20.9 Å². The van der Waals surface area contributed by atoms with Gasteiger partial charge in [0.1, 0.15) is 0 Å². The van der Waals surface area contributed by atoms with Gasteiger partial charge < -0.3 is 5.11 Å². The first kappa shape index (κ1) is 9.57. The minimum absolute atomic E-state index is 0.146. The zero-order chi connectivity index (χ0) is 10.0. The van der Waals surface area contributed by atoms with E-state index in [1.54, 1.807) is 14.0 Å². The summed E-state index contributed by atoms with van der Waals surface area (Å²) in [4.78, 5) is 21.5. The number of rotatable bonds is 3. The zero-order valence-electron chi connectivity index (χ0n) is 7.57. The lowest BCUT2D eigenvalue weighted by molar-refractivity contribution is -0.141. The van der Waals surface area contributed by atoms with E-state index in [0.717, 1.165) is 0 Å². The molecule has 0 saturated carbocycles. The first-order valence-corrected chi connectivity index (χ1v) is 3.98. The average molecular weight is 184 g/mol. The Morgan fingerprint density at radius 2 is 2.38 bits per heavy atom. The van der Waals surface area contributed by atoms with E-state index >= 15 is 0 Å². The van der Waals surface area contributed by atoms with Gasteiger partial charge in [-0.1, -0.05) is 6.92 Å². The number of H-pyrrole nitrogens is 1. The summed E-state index contributed by atoms with van der Waals surface area (Å²) in [5, 5.41) is 11.4. The summed E-state index contributed by atoms with van der Waals surface area (Å²) in [6, 6.07) is 1.42. The molecule has 5 nitrogen and oxygen atoms in total. The van der Waals surface area contributed by atoms with Crippen LogP contribution in [0.1, 0.15) is 12.6 Å². The van der Waals surface area contributed by atoms with Gasteiger partial charge in [0.05, 0.1) is 5.92 Å². The van der Waals surface area contributed by atoms with Crippen LogP contribution in [0.25, 0.3) is 0 Å². The van der Waals surface area contributed by atoms with Crippen LogP contribution in [0.4, 0.5) is 0 Å². The summed E-state index contributed by atoms with van der Waals surface area (Å²) >= 11 is 0. The molecule has 1 atom stereocenters. The molecule has 1 unspecified atom stereocenters. The Labute approximate surface area is 75.0 Å². The molecule has 0 aliphatic carbocycles. The Bertz CT molecular complexity index is 364. The molecule has 0 radical (unpaired) electrons. The van der Waals surface area contributed by atoms with Gasteiger partial charge in [-0.2, -0.15) is 0 Å². The van der Waals surface area contributed by atoms with Gasteiger partial charge in [0.15, 0.2) is 0 Å². The first-order valence-electron chi connectivity index (χ1n) is 3.98. The molecule has 72 valence electrons. The lowest BCUT2D eigenvalue weighted by Crippen LogP contribution is -2.12. The van der Waals surface area contributed by atoms with Crippen LogP contribution in [0.3, 0.4) is 0 Å². The average Bonchev–Trinajstić information content (AvgIpc) is 2.31. The molecule has 1 aromatic heterocycles. The number of nitrogens with zero attached hydrogens (tertiary/aromatic N) is 1. The number of aromatic nitrogens is 2. The van der Waals surface area contributed by atoms with Crippen molar-refractivity contribution >= 4 is 5.97 Å². The Kier molecular flexibility index (Phi) is 2.55. The summed E-state index contributed by atoms with van der Waals surface area (Å²) in [6.45, 7) is 1.60. The lowest BCUT2D eigenvalue weighted by Gasteiger charge is -2.02. The number of aliphatic carboxylic acids is 1. The van der Waals surface area contributed by atoms with Gasteiger partial charge >= 0.3 is 5.97 Å². The minimum atomic E-state index is -0.857. The zero-order valence-corrected chi connectivity index (χ0v) is 7.57. The monoisotopic (exact) mass is 184 g/mol. The van der Waals surface area contributed by atoms with E-state index in [1.165, 1.54) is 10.7 Å². The molecular weight excluding hydrogens is 172 g/mol. The molecule has 0 fully saturated rings. The molecule has 0 bridgehead atoms. The number of aryl methyl sites for hydroxylation is 1. The number of nitrogens with one attached hydrogen (secondary N) is 1. The summed E-state index contributed by atoms with van der Waals surface area (Å²) in [5.74, 6) is -1.33. The highest BCUT2D eigenvalue weighted by atomic mass is 16.4. The molecule has 13 heavy (non-hydrogen) atoms. The number of carboxylic acid groups (broad SMARTS) is 1. The van der Waals surface area contributed by atoms with Crippen LogP contribution >= 0.6 is 0 Å². The second-order valence-corrected chi connectivity index (χ2v) is 3.12. The smallest absolute Gasteiger partial charge is 0.306 e. The molecule has 0 aliphatic heterocycles. The fourth-order valence-corrected chi connectivity index (χ4v) is 1.07. The molecule has 5 heteroatoms. The van der Waals surface area contributed by atoms with Crippen molar-refractivity contribution in [1.29, 1.82) is 0 Å². The molecule has 0 spiro atoms. The third-order valence-electron chi connectivity index (χ3n) is 1.89. The highest BCUT2D eigenvalue weighted by molar-refractivity contribution is 5.69. The molecule has 2 N–H and O–H groups in total. The molecule has 0 saturated heterocycles. The maximum Gasteiger partial charge on any atom is 0.306 e. The van der Waals surface area contributed by atoms with Gasteiger partial charge in [0, 0.05) is 25.2 Å². The number of carboxylic acids is 1. The Hall–Kier alpha value is -1.52. The summed E-state index contributed by atoms with van der Waals surface area (Å²) in [5.41, 5.74) is 0.509. The van der Waals surface area contributed by atoms with E-state index in [9.17, 15) is 9.59 Å². The minimum Gasteiger partial charge on any atom is -0.481 e. The number of aromatic amines is 1. The highest BCUT2D eigenvalue weighted by Gasteiger charge is 2.12. The largest absolute Gasteiger partial charge is 0.481 e. The van der Waals surface area contributed by atoms with Crippen molar-refractivity contribution in [1.82, 2.24) is 9.78 Å². The third-order valence-corrected chi connectivity index (χ3v) is 1.89. The van der Waals surface area contributed by atoms with Crippen molar-refractivity contribution in [3.8, 4) is 0 Å². The molecular formula is C8H12N2O3. The standard InChI is InChI=1S/C8H12N2O3/c1-5(8(12)13)3-6-4-7(11)10(2)9-6/h4-5,9H,3H2,1-2H3,(H,12,13). The van der Waals surface area contributed by atoms with Crippen molar-refractivity contribution in [3.05, 3.63) is 22.1 Å². The van der Waals surface area contributed by atoms with Gasteiger partial charge in [-0.25, -0.2) is 0 Å². The van der Waals surface area contributed by atoms with Crippen molar-refractivity contribution in [2.45, 2.75) is 13.3 Å². The van der Waals surface area contributed by atoms with Gasteiger partial charge in [-0.15, -0.1) is 0 Å². The lowest BCUT2D eigenvalue weighted by atomic mass is 10.1. The van der Waals surface area contributed by atoms with E-state index < -0.39 is 11.9 Å². The van der Waals surface area contributed by atoms with E-state index in [1.807, 2.05) is 0 Å². The maximum atomic E-state index is 11.0. The molecule has 0 aliphatic rings. The number of hydrogen-bond donors (Lipinski definition) is 2. The normalized spacial score (nSPS) is 12.8. The molecule has 1 heterocycles. The quantitative estimate of drug-likeness (QED) is 0.693. The summed E-state index contributed by atoms with van der Waals surface area (Å²) in [7, 11) is 1.59. The fourth-order valence-electron chi connectivity index (χ4n) is 1.07. The second kappa shape index (κ2) is 3.47. The van der Waals surface area contributed by atoms with Crippen LogP contribution in [-0.2, 0) is 18.3 Å². The second-order valence-electron chi connectivity index (χ2n) is 3.12. The Morgan fingerprint density at radius 3 is 2.77 bits per heavy atom. The fraction of sp³-hybridized carbons (Fsp3) is 0.500. The van der Waals surface area contributed by atoms with Gasteiger partial charge in [0.25, 0.3) is 5.56 Å². The molecule has 0 amide bonds. The van der Waals surface area contributed by atoms with Crippen LogP contribution in [0, 0.1) is 5.92 Å². The Morgan fingerprint density at radius 1 is 1.77 bits per heavy atom. The SMILES string of the molecule is CC(Cc1cc(=O)n(C)[nH]1)C(=O)O. The number of hydrogen-bond acceptors (Lipinski definition) is 2. The van der Waals surface area contributed by atoms with Crippen molar-refractivity contribution in [2.24, 2.45) is 13.0 Å². The van der Waals surface area contributed by atoms with Crippen LogP contribution in [0.2, 0.25) is 0 Å². The van der Waals surface area contributed by atoms with E-state index in [0.29, 0.717) is 12.1 Å². The summed E-state index contributed by atoms with van der Waals surface area (Å²) < 4.78 is 1.32. The predicted octanol–water partition coefficient (Wildman–Crippen LogP) is -0.0234. The highest BCUT2D eigenvalue weighted by Crippen LogP contribution is 2.03. The van der Waals surface area contributed by atoms with Crippen LogP contribution in [0.15, 0.2) is 10.9 Å². The first-order chi connectivity index (χ1) is 6.00. The predicted molar refractivity (Wildman–Crippen MR) is 46.5 cm³/mol.